The van der Waals surface area contributed by atoms with Gasteiger partial charge in [0.15, 0.2) is 0 Å². The number of hydrogen-bond acceptors (Lipinski definition) is 6. The number of carbonyl (C=O) groups is 1. The number of nitro groups is 1. The molecule has 0 saturated heterocycles. The van der Waals surface area contributed by atoms with Crippen molar-refractivity contribution >= 4 is 35.8 Å². The molecule has 1 atom stereocenters. The normalized spacial score (nSPS) is 15.7. The van der Waals surface area contributed by atoms with Gasteiger partial charge in [-0.3, -0.25) is 14.9 Å². The van der Waals surface area contributed by atoms with Crippen molar-refractivity contribution in [3.63, 3.8) is 0 Å². The second-order valence-corrected chi connectivity index (χ2v) is 7.04. The first-order chi connectivity index (χ1) is 12.0. The van der Waals surface area contributed by atoms with Gasteiger partial charge in [0.2, 0.25) is 0 Å². The minimum Gasteiger partial charge on any atom is -0.495 e. The molecule has 0 aromatic heterocycles. The number of amides is 1. The van der Waals surface area contributed by atoms with Crippen molar-refractivity contribution in [3.05, 3.63) is 27.8 Å². The van der Waals surface area contributed by atoms with Crippen LogP contribution in [0.15, 0.2) is 17.0 Å². The highest BCUT2D eigenvalue weighted by Gasteiger charge is 2.28. The quantitative estimate of drug-likeness (QED) is 0.410. The number of hydrogen-bond donors (Lipinski definition) is 2. The monoisotopic (exact) mass is 403 g/mol. The van der Waals surface area contributed by atoms with Gasteiger partial charge in [-0.1, -0.05) is 19.3 Å². The molecule has 7 nitrogen and oxygen atoms in total. The number of nitrogens with one attached hydrogen (secondary N) is 1. The molecule has 0 heterocycles. The molecule has 1 aromatic rings. The molecule has 1 aliphatic carbocycles. The summed E-state index contributed by atoms with van der Waals surface area (Å²) in [6, 6.07) is 2.66. The first-order valence-electron chi connectivity index (χ1n) is 8.43. The molecule has 0 spiro atoms. The summed E-state index contributed by atoms with van der Waals surface area (Å²) in [7, 11) is 1.45. The molecule has 2 rings (SSSR count). The molecule has 26 heavy (non-hydrogen) atoms. The van der Waals surface area contributed by atoms with Gasteiger partial charge in [0.1, 0.15) is 11.3 Å². The van der Waals surface area contributed by atoms with E-state index >= 15 is 0 Å². The van der Waals surface area contributed by atoms with Crippen molar-refractivity contribution in [2.45, 2.75) is 43.0 Å². The topological polar surface area (TPSA) is 107 Å². The van der Waals surface area contributed by atoms with E-state index in [-0.39, 0.29) is 29.7 Å². The number of rotatable bonds is 7. The Morgan fingerprint density at radius 3 is 2.58 bits per heavy atom. The summed E-state index contributed by atoms with van der Waals surface area (Å²) in [5, 5.41) is 14.3. The number of benzene rings is 1. The number of methoxy groups -OCH3 is 1. The van der Waals surface area contributed by atoms with Crippen LogP contribution >= 0.6 is 24.2 Å². The minimum atomic E-state index is -0.556. The Hall–Kier alpha value is -1.51. The van der Waals surface area contributed by atoms with Gasteiger partial charge >= 0.3 is 0 Å². The van der Waals surface area contributed by atoms with Crippen molar-refractivity contribution in [3.8, 4) is 5.75 Å². The lowest BCUT2D eigenvalue weighted by Crippen LogP contribution is -2.46. The van der Waals surface area contributed by atoms with Gasteiger partial charge in [0.05, 0.1) is 23.0 Å². The molecule has 1 unspecified atom stereocenters. The van der Waals surface area contributed by atoms with Crippen molar-refractivity contribution in [1.82, 2.24) is 5.32 Å². The van der Waals surface area contributed by atoms with Crippen LogP contribution in [0, 0.1) is 16.0 Å². The Bertz CT molecular complexity index is 639. The lowest BCUT2D eigenvalue weighted by molar-refractivity contribution is -0.385. The zero-order chi connectivity index (χ0) is 18.4. The first kappa shape index (κ1) is 22.5. The Balaban J connectivity index is 0.00000338. The Morgan fingerprint density at radius 1 is 1.42 bits per heavy atom. The van der Waals surface area contributed by atoms with E-state index in [9.17, 15) is 14.9 Å². The standard InChI is InChI=1S/C17H25N3O4S.ClH/c1-24-15-9-14(20(22)23)12(8-16(15)25-2)17(21)19-13(10-18)11-6-4-3-5-7-11;/h8-9,11,13H,3-7,10,18H2,1-2H3,(H,19,21);1H. The number of nitrogens with zero attached hydrogens (tertiary/aromatic N) is 1. The van der Waals surface area contributed by atoms with Gasteiger partial charge in [0, 0.05) is 12.6 Å². The smallest absolute Gasteiger partial charge is 0.285 e. The Labute approximate surface area is 164 Å². The summed E-state index contributed by atoms with van der Waals surface area (Å²) in [5.74, 6) is 0.268. The van der Waals surface area contributed by atoms with Crippen LogP contribution in [-0.2, 0) is 0 Å². The highest BCUT2D eigenvalue weighted by molar-refractivity contribution is 7.98. The van der Waals surface area contributed by atoms with Crippen molar-refractivity contribution in [1.29, 1.82) is 0 Å². The van der Waals surface area contributed by atoms with Crippen molar-refractivity contribution < 1.29 is 14.5 Å². The average molecular weight is 404 g/mol. The van der Waals surface area contributed by atoms with E-state index in [0.29, 0.717) is 23.1 Å². The molecule has 9 heteroatoms. The van der Waals surface area contributed by atoms with Crippen LogP contribution < -0.4 is 15.8 Å². The third-order valence-corrected chi connectivity index (χ3v) is 5.49. The molecule has 0 bridgehead atoms. The fourth-order valence-electron chi connectivity index (χ4n) is 3.35. The first-order valence-corrected chi connectivity index (χ1v) is 9.65. The molecule has 146 valence electrons. The second kappa shape index (κ2) is 10.6. The number of nitrogens with two attached hydrogens (primary N) is 1. The number of halogens is 1. The summed E-state index contributed by atoms with van der Waals surface area (Å²) in [6.07, 6.45) is 7.37. The maximum atomic E-state index is 12.7. The molecular formula is C17H26ClN3O4S. The number of carbonyl (C=O) groups excluding carboxylic acids is 1. The minimum absolute atomic E-state index is 0. The summed E-state index contributed by atoms with van der Waals surface area (Å²) >= 11 is 1.37. The molecular weight excluding hydrogens is 378 g/mol. The van der Waals surface area contributed by atoms with E-state index in [1.165, 1.54) is 37.4 Å². The molecule has 0 radical (unpaired) electrons. The van der Waals surface area contributed by atoms with Crippen LogP contribution in [0.2, 0.25) is 0 Å². The molecule has 1 fully saturated rings. The Kier molecular flexibility index (Phi) is 9.18. The third kappa shape index (κ3) is 5.25. The van der Waals surface area contributed by atoms with Crippen LogP contribution in [0.25, 0.3) is 0 Å². The fourth-order valence-corrected chi connectivity index (χ4v) is 3.93. The van der Waals surface area contributed by atoms with Crippen LogP contribution in [0.5, 0.6) is 5.75 Å². The van der Waals surface area contributed by atoms with Gasteiger partial charge in [-0.25, -0.2) is 0 Å². The number of thioether (sulfide) groups is 1. The lowest BCUT2D eigenvalue weighted by atomic mass is 9.84. The van der Waals surface area contributed by atoms with Crippen molar-refractivity contribution in [2.75, 3.05) is 19.9 Å². The van der Waals surface area contributed by atoms with Gasteiger partial charge in [-0.2, -0.15) is 0 Å². The lowest BCUT2D eigenvalue weighted by Gasteiger charge is -2.30. The molecule has 3 N–H and O–H groups in total. The van der Waals surface area contributed by atoms with Crippen LogP contribution in [0.4, 0.5) is 5.69 Å². The number of nitro benzene ring substituents is 1. The predicted molar refractivity (Wildman–Crippen MR) is 106 cm³/mol. The third-order valence-electron chi connectivity index (χ3n) is 4.73. The molecule has 1 amide bonds. The van der Waals surface area contributed by atoms with E-state index in [4.69, 9.17) is 10.5 Å². The zero-order valence-electron chi connectivity index (χ0n) is 15.0. The molecule has 1 aliphatic rings. The van der Waals surface area contributed by atoms with E-state index in [1.54, 1.807) is 0 Å². The van der Waals surface area contributed by atoms with E-state index in [2.05, 4.69) is 5.32 Å². The van der Waals surface area contributed by atoms with Crippen LogP contribution in [0.3, 0.4) is 0 Å². The summed E-state index contributed by atoms with van der Waals surface area (Å²) in [6.45, 7) is 0.329. The van der Waals surface area contributed by atoms with Gasteiger partial charge in [-0.15, -0.1) is 24.2 Å². The fraction of sp³-hybridized carbons (Fsp3) is 0.588. The maximum Gasteiger partial charge on any atom is 0.285 e. The summed E-state index contributed by atoms with van der Waals surface area (Å²) < 4.78 is 5.18. The predicted octanol–water partition coefficient (Wildman–Crippen LogP) is 3.38. The van der Waals surface area contributed by atoms with E-state index in [0.717, 1.165) is 25.7 Å². The number of ether oxygens (including phenoxy) is 1. The highest BCUT2D eigenvalue weighted by Crippen LogP contribution is 2.34. The molecule has 1 saturated carbocycles. The average Bonchev–Trinajstić information content (AvgIpc) is 2.65. The Morgan fingerprint density at radius 2 is 2.08 bits per heavy atom. The highest BCUT2D eigenvalue weighted by atomic mass is 35.5. The SMILES string of the molecule is COc1cc([N+](=O)[O-])c(C(=O)NC(CN)C2CCCCC2)cc1SC.Cl. The van der Waals surface area contributed by atoms with E-state index < -0.39 is 10.8 Å². The van der Waals surface area contributed by atoms with Gasteiger partial charge in [0.25, 0.3) is 11.6 Å². The van der Waals surface area contributed by atoms with E-state index in [1.807, 2.05) is 6.26 Å². The molecule has 1 aromatic carbocycles. The largest absolute Gasteiger partial charge is 0.495 e. The van der Waals surface area contributed by atoms with Gasteiger partial charge < -0.3 is 15.8 Å². The molecule has 0 aliphatic heterocycles. The summed E-state index contributed by atoms with van der Waals surface area (Å²) in [5.41, 5.74) is 5.64. The maximum absolute atomic E-state index is 12.7. The van der Waals surface area contributed by atoms with Gasteiger partial charge in [-0.05, 0) is 31.1 Å². The van der Waals surface area contributed by atoms with Crippen LogP contribution in [0.1, 0.15) is 42.5 Å². The van der Waals surface area contributed by atoms with Crippen molar-refractivity contribution in [2.24, 2.45) is 11.7 Å². The summed E-state index contributed by atoms with van der Waals surface area (Å²) in [4.78, 5) is 24.2. The zero-order valence-corrected chi connectivity index (χ0v) is 16.7. The second-order valence-electron chi connectivity index (χ2n) is 6.20. The van der Waals surface area contributed by atoms with Crippen LogP contribution in [-0.4, -0.2) is 36.8 Å².